The van der Waals surface area contributed by atoms with Crippen molar-refractivity contribution in [3.8, 4) is 11.6 Å². The Balaban J connectivity index is 1.30. The summed E-state index contributed by atoms with van der Waals surface area (Å²) in [5.41, 5.74) is 1.32. The summed E-state index contributed by atoms with van der Waals surface area (Å²) in [4.78, 5) is 76.2. The number of rotatable bonds is 12. The number of imidazole rings is 1. The highest BCUT2D eigenvalue weighted by Gasteiger charge is 2.34. The van der Waals surface area contributed by atoms with Gasteiger partial charge in [-0.15, -0.1) is 0 Å². The van der Waals surface area contributed by atoms with Crippen LogP contribution in [0, 0.1) is 6.92 Å². The number of piperazine rings is 1. The minimum absolute atomic E-state index is 0.0910. The summed E-state index contributed by atoms with van der Waals surface area (Å²) in [6, 6.07) is 8.94. The zero-order valence-electron chi connectivity index (χ0n) is 27.0. The van der Waals surface area contributed by atoms with Gasteiger partial charge < -0.3 is 39.6 Å². The third-order valence-corrected chi connectivity index (χ3v) is 8.24. The quantitative estimate of drug-likeness (QED) is 0.258. The van der Waals surface area contributed by atoms with Crippen molar-refractivity contribution < 1.29 is 38.6 Å². The third kappa shape index (κ3) is 8.11. The molecule has 2 aliphatic rings. The molecule has 5 rings (SSSR count). The highest BCUT2D eigenvalue weighted by atomic mass is 16.6. The number of aromatic amines is 1. The molecule has 2 atom stereocenters. The molecule has 0 spiro atoms. The van der Waals surface area contributed by atoms with Crippen molar-refractivity contribution in [2.24, 2.45) is 0 Å². The van der Waals surface area contributed by atoms with Gasteiger partial charge in [-0.1, -0.05) is 18.2 Å². The number of nitrogens with one attached hydrogen (secondary N) is 2. The van der Waals surface area contributed by atoms with Crippen LogP contribution in [0.25, 0.3) is 5.69 Å². The van der Waals surface area contributed by atoms with Gasteiger partial charge in [-0.25, -0.2) is 14.5 Å². The van der Waals surface area contributed by atoms with Crippen LogP contribution in [0.2, 0.25) is 0 Å². The molecule has 48 heavy (non-hydrogen) atoms. The maximum atomic E-state index is 13.5. The fourth-order valence-electron chi connectivity index (χ4n) is 5.81. The van der Waals surface area contributed by atoms with Crippen LogP contribution in [0.5, 0.6) is 5.88 Å². The van der Waals surface area contributed by atoms with E-state index >= 15 is 0 Å². The number of carboxylic acid groups (broad SMARTS) is 1. The average Bonchev–Trinajstić information content (AvgIpc) is 3.85. The van der Waals surface area contributed by atoms with Gasteiger partial charge in [-0.3, -0.25) is 19.2 Å². The molecule has 1 aromatic carbocycles. The van der Waals surface area contributed by atoms with E-state index in [9.17, 15) is 29.1 Å². The Morgan fingerprint density at radius 2 is 1.79 bits per heavy atom. The zero-order chi connectivity index (χ0) is 34.2. The number of aliphatic carboxylic acids is 1. The standard InChI is InChI=1S/C32H40N8O8/c1-3-47-32(46)38-16-14-37(15-17-38)31(45)23(11-12-28(42)43)35-30(44)24-18-27(40(36-24)22-8-5-4-6-9-22)48-20-26(41)39-13-7-10-25(39)29-33-19-21(2)34-29/h4-6,8-9,18-19,23,25H,3,7,10-17,20H2,1-2H3,(H,33,34)(H,35,44)(H,42,43)/t23-,25-/m0/s1. The van der Waals surface area contributed by atoms with Crippen LogP contribution in [0.3, 0.4) is 0 Å². The molecule has 2 saturated heterocycles. The van der Waals surface area contributed by atoms with Gasteiger partial charge in [-0.05, 0) is 45.2 Å². The number of nitrogens with zero attached hydrogens (tertiary/aromatic N) is 6. The lowest BCUT2D eigenvalue weighted by Crippen LogP contribution is -2.56. The van der Waals surface area contributed by atoms with Crippen molar-refractivity contribution in [3.05, 3.63) is 59.8 Å². The number of para-hydroxylation sites is 1. The molecule has 16 nitrogen and oxygen atoms in total. The van der Waals surface area contributed by atoms with Crippen LogP contribution in [0.4, 0.5) is 4.79 Å². The summed E-state index contributed by atoms with van der Waals surface area (Å²) < 4.78 is 12.4. The topological polar surface area (TPSA) is 192 Å². The predicted molar refractivity (Wildman–Crippen MR) is 169 cm³/mol. The number of amides is 4. The van der Waals surface area contributed by atoms with Crippen molar-refractivity contribution in [1.29, 1.82) is 0 Å². The third-order valence-electron chi connectivity index (χ3n) is 8.24. The highest BCUT2D eigenvalue weighted by Crippen LogP contribution is 2.30. The van der Waals surface area contributed by atoms with E-state index in [0.717, 1.165) is 24.4 Å². The second-order valence-electron chi connectivity index (χ2n) is 11.5. The second-order valence-corrected chi connectivity index (χ2v) is 11.5. The number of benzene rings is 1. The lowest BCUT2D eigenvalue weighted by Gasteiger charge is -2.35. The summed E-state index contributed by atoms with van der Waals surface area (Å²) in [6.45, 7) is 4.94. The Morgan fingerprint density at radius 3 is 2.46 bits per heavy atom. The highest BCUT2D eigenvalue weighted by molar-refractivity contribution is 5.96. The van der Waals surface area contributed by atoms with Crippen LogP contribution in [0.15, 0.2) is 42.6 Å². The maximum Gasteiger partial charge on any atom is 0.409 e. The largest absolute Gasteiger partial charge is 0.481 e. The maximum absolute atomic E-state index is 13.5. The van der Waals surface area contributed by atoms with Crippen LogP contribution in [-0.4, -0.2) is 121 Å². The van der Waals surface area contributed by atoms with Crippen molar-refractivity contribution in [1.82, 2.24) is 39.8 Å². The van der Waals surface area contributed by atoms with Gasteiger partial charge in [0, 0.05) is 51.4 Å². The second kappa shape index (κ2) is 15.5. The Morgan fingerprint density at radius 1 is 1.06 bits per heavy atom. The molecule has 3 N–H and O–H groups in total. The monoisotopic (exact) mass is 664 g/mol. The number of carboxylic acids is 1. The normalized spacial score (nSPS) is 16.8. The number of H-pyrrole nitrogens is 1. The SMILES string of the molecule is CCOC(=O)N1CCN(C(=O)[C@H](CCC(=O)O)NC(=O)c2cc(OCC(=O)N3CCC[C@H]3c3nc(C)c[nH]3)n(-c3ccccc3)n2)CC1. The van der Waals surface area contributed by atoms with Crippen LogP contribution in [0.1, 0.15) is 60.7 Å². The van der Waals surface area contributed by atoms with Crippen molar-refractivity contribution >= 4 is 29.8 Å². The molecule has 0 radical (unpaired) electrons. The fraction of sp³-hybridized carbons (Fsp3) is 0.469. The van der Waals surface area contributed by atoms with Crippen molar-refractivity contribution in [3.63, 3.8) is 0 Å². The number of hydrogen-bond donors (Lipinski definition) is 3. The summed E-state index contributed by atoms with van der Waals surface area (Å²) >= 11 is 0. The summed E-state index contributed by atoms with van der Waals surface area (Å²) in [7, 11) is 0. The Kier molecular flexibility index (Phi) is 10.9. The van der Waals surface area contributed by atoms with E-state index in [4.69, 9.17) is 9.47 Å². The van der Waals surface area contributed by atoms with Gasteiger partial charge in [0.15, 0.2) is 12.3 Å². The number of aromatic nitrogens is 4. The van der Waals surface area contributed by atoms with Crippen LogP contribution >= 0.6 is 0 Å². The molecule has 4 amide bonds. The molecule has 0 bridgehead atoms. The fourth-order valence-corrected chi connectivity index (χ4v) is 5.81. The first-order valence-corrected chi connectivity index (χ1v) is 16.0. The molecular formula is C32H40N8O8. The van der Waals surface area contributed by atoms with Crippen LogP contribution < -0.4 is 10.1 Å². The summed E-state index contributed by atoms with van der Waals surface area (Å²) in [5.74, 6) is -1.70. The molecule has 3 aromatic rings. The molecule has 0 saturated carbocycles. The Hall–Kier alpha value is -5.41. The van der Waals surface area contributed by atoms with E-state index in [1.807, 2.05) is 13.0 Å². The first kappa shape index (κ1) is 33.9. The minimum Gasteiger partial charge on any atom is -0.481 e. The van der Waals surface area contributed by atoms with Crippen molar-refractivity contribution in [2.75, 3.05) is 45.9 Å². The number of ether oxygens (including phenoxy) is 2. The molecule has 0 unspecified atom stereocenters. The van der Waals surface area contributed by atoms with Gasteiger partial charge in [0.05, 0.1) is 24.0 Å². The smallest absolute Gasteiger partial charge is 0.409 e. The number of carbonyl (C=O) groups is 5. The van der Waals surface area contributed by atoms with Gasteiger partial charge in [0.1, 0.15) is 11.9 Å². The first-order valence-electron chi connectivity index (χ1n) is 16.0. The first-order chi connectivity index (χ1) is 23.1. The van der Waals surface area contributed by atoms with E-state index in [1.165, 1.54) is 20.5 Å². The molecule has 256 valence electrons. The number of likely N-dealkylation sites (tertiary alicyclic amines) is 1. The molecule has 0 aliphatic carbocycles. The lowest BCUT2D eigenvalue weighted by molar-refractivity contribution is -0.138. The van der Waals surface area contributed by atoms with E-state index in [1.54, 1.807) is 42.3 Å². The summed E-state index contributed by atoms with van der Waals surface area (Å²) in [6.07, 6.45) is 2.41. The zero-order valence-corrected chi connectivity index (χ0v) is 27.0. The lowest BCUT2D eigenvalue weighted by atomic mass is 10.1. The van der Waals surface area contributed by atoms with Crippen molar-refractivity contribution in [2.45, 2.75) is 51.6 Å². The molecule has 2 aliphatic heterocycles. The Bertz CT molecular complexity index is 1610. The van der Waals surface area contributed by atoms with Gasteiger partial charge in [-0.2, -0.15) is 5.10 Å². The van der Waals surface area contributed by atoms with Gasteiger partial charge >= 0.3 is 12.1 Å². The van der Waals surface area contributed by atoms with E-state index in [2.05, 4.69) is 20.4 Å². The summed E-state index contributed by atoms with van der Waals surface area (Å²) in [5, 5.41) is 16.4. The molecule has 2 fully saturated rings. The minimum atomic E-state index is -1.16. The Labute approximate surface area is 277 Å². The number of hydrogen-bond acceptors (Lipinski definition) is 9. The predicted octanol–water partition coefficient (Wildman–Crippen LogP) is 1.91. The number of carbonyl (C=O) groups excluding carboxylic acids is 4. The van der Waals surface area contributed by atoms with E-state index in [-0.39, 0.29) is 75.8 Å². The van der Waals surface area contributed by atoms with Crippen LogP contribution in [-0.2, 0) is 19.1 Å². The number of aryl methyl sites for hydroxylation is 1. The van der Waals surface area contributed by atoms with E-state index in [0.29, 0.717) is 12.2 Å². The molecule has 2 aromatic heterocycles. The van der Waals surface area contributed by atoms with Gasteiger partial charge in [0.25, 0.3) is 11.8 Å². The molecule has 16 heteroatoms. The molecular weight excluding hydrogens is 624 g/mol. The molecule has 4 heterocycles. The van der Waals surface area contributed by atoms with Gasteiger partial charge in [0.2, 0.25) is 11.8 Å². The van der Waals surface area contributed by atoms with E-state index < -0.39 is 29.9 Å². The average molecular weight is 665 g/mol.